The number of allylic oxidation sites excluding steroid dienone is 1. The van der Waals surface area contributed by atoms with Gasteiger partial charge in [-0.05, 0) is 42.5 Å². The summed E-state index contributed by atoms with van der Waals surface area (Å²) in [6, 6.07) is 7.34. The SMILES string of the molecule is C=Cc1ccc(CNC2CC2)cc1/C=C\C. The van der Waals surface area contributed by atoms with Crippen LogP contribution in [-0.4, -0.2) is 6.04 Å². The molecule has 0 amide bonds. The Balaban J connectivity index is 2.12. The van der Waals surface area contributed by atoms with E-state index in [-0.39, 0.29) is 0 Å². The molecule has 1 nitrogen and oxygen atoms in total. The lowest BCUT2D eigenvalue weighted by atomic mass is 10.0. The quantitative estimate of drug-likeness (QED) is 0.787. The highest BCUT2D eigenvalue weighted by molar-refractivity contribution is 5.65. The Morgan fingerprint density at radius 1 is 1.38 bits per heavy atom. The monoisotopic (exact) mass is 213 g/mol. The van der Waals surface area contributed by atoms with Crippen LogP contribution in [0.5, 0.6) is 0 Å². The fourth-order valence-corrected chi connectivity index (χ4v) is 1.79. The Kier molecular flexibility index (Phi) is 3.58. The molecule has 1 aromatic rings. The third-order valence-corrected chi connectivity index (χ3v) is 2.89. The molecule has 0 radical (unpaired) electrons. The van der Waals surface area contributed by atoms with Crippen LogP contribution in [0.4, 0.5) is 0 Å². The summed E-state index contributed by atoms with van der Waals surface area (Å²) in [5, 5.41) is 3.53. The number of nitrogens with one attached hydrogen (secondary N) is 1. The van der Waals surface area contributed by atoms with E-state index in [0.29, 0.717) is 0 Å². The lowest BCUT2D eigenvalue weighted by Crippen LogP contribution is -2.15. The van der Waals surface area contributed by atoms with Gasteiger partial charge in [0.15, 0.2) is 0 Å². The minimum Gasteiger partial charge on any atom is -0.310 e. The number of hydrogen-bond acceptors (Lipinski definition) is 1. The Labute approximate surface area is 97.9 Å². The lowest BCUT2D eigenvalue weighted by Gasteiger charge is -2.07. The number of rotatable bonds is 5. The zero-order valence-electron chi connectivity index (χ0n) is 9.87. The van der Waals surface area contributed by atoms with Crippen LogP contribution in [0.2, 0.25) is 0 Å². The first-order valence-corrected chi connectivity index (χ1v) is 5.95. The summed E-state index contributed by atoms with van der Waals surface area (Å²) in [7, 11) is 0. The van der Waals surface area contributed by atoms with E-state index in [1.165, 1.54) is 29.5 Å². The molecule has 0 saturated heterocycles. The van der Waals surface area contributed by atoms with Crippen molar-refractivity contribution in [3.8, 4) is 0 Å². The standard InChI is InChI=1S/C15H19N/c1-3-5-14-10-12(6-7-13(14)4-2)11-16-15-8-9-15/h3-7,10,15-16H,2,8-9,11H2,1H3/b5-3-. The van der Waals surface area contributed by atoms with Crippen molar-refractivity contribution in [2.45, 2.75) is 32.4 Å². The van der Waals surface area contributed by atoms with Crippen LogP contribution in [0.3, 0.4) is 0 Å². The summed E-state index contributed by atoms with van der Waals surface area (Å²) >= 11 is 0. The summed E-state index contributed by atoms with van der Waals surface area (Å²) < 4.78 is 0. The summed E-state index contributed by atoms with van der Waals surface area (Å²) in [5.74, 6) is 0. The maximum Gasteiger partial charge on any atom is 0.0208 e. The predicted molar refractivity (Wildman–Crippen MR) is 71.1 cm³/mol. The topological polar surface area (TPSA) is 12.0 Å². The number of benzene rings is 1. The van der Waals surface area contributed by atoms with Crippen LogP contribution in [-0.2, 0) is 6.54 Å². The third-order valence-electron chi connectivity index (χ3n) is 2.89. The fourth-order valence-electron chi connectivity index (χ4n) is 1.79. The van der Waals surface area contributed by atoms with Crippen molar-refractivity contribution in [2.24, 2.45) is 0 Å². The summed E-state index contributed by atoms with van der Waals surface area (Å²) in [5.41, 5.74) is 3.81. The van der Waals surface area contributed by atoms with Gasteiger partial charge in [-0.25, -0.2) is 0 Å². The maximum absolute atomic E-state index is 3.84. The first-order chi connectivity index (χ1) is 7.83. The molecular weight excluding hydrogens is 194 g/mol. The van der Waals surface area contributed by atoms with Gasteiger partial charge in [0.05, 0.1) is 0 Å². The summed E-state index contributed by atoms with van der Waals surface area (Å²) in [6.07, 6.45) is 8.80. The highest BCUT2D eigenvalue weighted by Crippen LogP contribution is 2.20. The van der Waals surface area contributed by atoms with Crippen molar-refractivity contribution < 1.29 is 0 Å². The highest BCUT2D eigenvalue weighted by atomic mass is 14.9. The minimum absolute atomic E-state index is 0.768. The van der Waals surface area contributed by atoms with Crippen molar-refractivity contribution in [1.82, 2.24) is 5.32 Å². The van der Waals surface area contributed by atoms with Gasteiger partial charge in [-0.15, -0.1) is 0 Å². The van der Waals surface area contributed by atoms with E-state index in [1.807, 2.05) is 13.0 Å². The van der Waals surface area contributed by atoms with E-state index in [2.05, 4.69) is 42.2 Å². The molecule has 0 bridgehead atoms. The summed E-state index contributed by atoms with van der Waals surface area (Å²) in [6.45, 7) is 6.86. The van der Waals surface area contributed by atoms with Crippen molar-refractivity contribution >= 4 is 12.2 Å². The largest absolute Gasteiger partial charge is 0.310 e. The van der Waals surface area contributed by atoms with E-state index in [9.17, 15) is 0 Å². The fraction of sp³-hybridized carbons (Fsp3) is 0.333. The van der Waals surface area contributed by atoms with E-state index in [4.69, 9.17) is 0 Å². The molecule has 1 aliphatic rings. The number of hydrogen-bond donors (Lipinski definition) is 1. The molecule has 1 heteroatoms. The van der Waals surface area contributed by atoms with Gasteiger partial charge < -0.3 is 5.32 Å². The van der Waals surface area contributed by atoms with Gasteiger partial charge in [0, 0.05) is 12.6 Å². The molecule has 2 rings (SSSR count). The van der Waals surface area contributed by atoms with E-state index < -0.39 is 0 Å². The Morgan fingerprint density at radius 3 is 2.81 bits per heavy atom. The molecule has 1 aliphatic carbocycles. The zero-order valence-corrected chi connectivity index (χ0v) is 9.87. The van der Waals surface area contributed by atoms with Gasteiger partial charge in [0.2, 0.25) is 0 Å². The molecule has 1 N–H and O–H groups in total. The van der Waals surface area contributed by atoms with Crippen LogP contribution in [0.1, 0.15) is 36.5 Å². The van der Waals surface area contributed by atoms with E-state index >= 15 is 0 Å². The van der Waals surface area contributed by atoms with Crippen LogP contribution < -0.4 is 5.32 Å². The van der Waals surface area contributed by atoms with Gasteiger partial charge in [0.1, 0.15) is 0 Å². The molecular formula is C15H19N. The van der Waals surface area contributed by atoms with E-state index in [0.717, 1.165) is 12.6 Å². The van der Waals surface area contributed by atoms with Crippen molar-refractivity contribution in [3.63, 3.8) is 0 Å². The Hall–Kier alpha value is -1.34. The predicted octanol–water partition coefficient (Wildman–Crippen LogP) is 3.61. The van der Waals surface area contributed by atoms with Crippen LogP contribution in [0, 0.1) is 0 Å². The molecule has 1 fully saturated rings. The highest BCUT2D eigenvalue weighted by Gasteiger charge is 2.19. The van der Waals surface area contributed by atoms with E-state index in [1.54, 1.807) is 0 Å². The molecule has 16 heavy (non-hydrogen) atoms. The van der Waals surface area contributed by atoms with Crippen molar-refractivity contribution in [3.05, 3.63) is 47.5 Å². The van der Waals surface area contributed by atoms with Crippen LogP contribution in [0.25, 0.3) is 12.2 Å². The average molecular weight is 213 g/mol. The minimum atomic E-state index is 0.768. The smallest absolute Gasteiger partial charge is 0.0208 e. The molecule has 0 heterocycles. The summed E-state index contributed by atoms with van der Waals surface area (Å²) in [4.78, 5) is 0. The first kappa shape index (κ1) is 11.2. The Bertz CT molecular complexity index is 400. The maximum atomic E-state index is 3.84. The second-order valence-electron chi connectivity index (χ2n) is 4.32. The molecule has 0 aromatic heterocycles. The lowest BCUT2D eigenvalue weighted by molar-refractivity contribution is 0.688. The second kappa shape index (κ2) is 5.13. The van der Waals surface area contributed by atoms with Crippen molar-refractivity contribution in [1.29, 1.82) is 0 Å². The van der Waals surface area contributed by atoms with Gasteiger partial charge >= 0.3 is 0 Å². The Morgan fingerprint density at radius 2 is 2.19 bits per heavy atom. The molecule has 0 unspecified atom stereocenters. The molecule has 0 aliphatic heterocycles. The second-order valence-corrected chi connectivity index (χ2v) is 4.32. The van der Waals surface area contributed by atoms with Crippen LogP contribution in [0.15, 0.2) is 30.9 Å². The first-order valence-electron chi connectivity index (χ1n) is 5.95. The normalized spacial score (nSPS) is 15.6. The third kappa shape index (κ3) is 2.83. The average Bonchev–Trinajstić information content (AvgIpc) is 3.11. The van der Waals surface area contributed by atoms with Crippen molar-refractivity contribution in [2.75, 3.05) is 0 Å². The van der Waals surface area contributed by atoms with Gasteiger partial charge in [-0.3, -0.25) is 0 Å². The molecule has 1 saturated carbocycles. The molecule has 0 atom stereocenters. The van der Waals surface area contributed by atoms with Gasteiger partial charge in [-0.2, -0.15) is 0 Å². The zero-order chi connectivity index (χ0) is 11.4. The molecule has 84 valence electrons. The molecule has 1 aromatic carbocycles. The van der Waals surface area contributed by atoms with Gasteiger partial charge in [0.25, 0.3) is 0 Å². The van der Waals surface area contributed by atoms with Crippen LogP contribution >= 0.6 is 0 Å². The molecule has 0 spiro atoms. The van der Waals surface area contributed by atoms with Gasteiger partial charge in [-0.1, -0.05) is 36.9 Å².